The molecule has 0 bridgehead atoms. The van der Waals surface area contributed by atoms with Crippen LogP contribution in [-0.2, 0) is 4.79 Å². The van der Waals surface area contributed by atoms with Gasteiger partial charge in [-0.15, -0.1) is 24.8 Å². The van der Waals surface area contributed by atoms with E-state index in [4.69, 9.17) is 5.73 Å². The molecule has 8 heteroatoms. The number of benzene rings is 1. The van der Waals surface area contributed by atoms with Crippen LogP contribution in [0.1, 0.15) is 48.9 Å². The monoisotopic (exact) mass is 430 g/mol. The first-order valence-electron chi connectivity index (χ1n) is 9.78. The quantitative estimate of drug-likeness (QED) is 0.620. The highest BCUT2D eigenvalue weighted by Crippen LogP contribution is 2.27. The molecule has 1 aromatic carbocycles. The Hall–Kier alpha value is -1.34. The molecule has 0 radical (unpaired) electrons. The van der Waals surface area contributed by atoms with Gasteiger partial charge in [-0.25, -0.2) is 0 Å². The lowest BCUT2D eigenvalue weighted by Crippen LogP contribution is -2.33. The average molecular weight is 431 g/mol. The minimum Gasteiger partial charge on any atom is -0.351 e. The number of hydrogen-bond acceptors (Lipinski definition) is 4. The molecule has 1 saturated heterocycles. The van der Waals surface area contributed by atoms with Crippen LogP contribution in [0.2, 0.25) is 0 Å². The van der Waals surface area contributed by atoms with Gasteiger partial charge in [-0.05, 0) is 69.0 Å². The van der Waals surface area contributed by atoms with Crippen molar-refractivity contribution in [1.82, 2.24) is 10.2 Å². The van der Waals surface area contributed by atoms with Crippen molar-refractivity contribution in [3.63, 3.8) is 0 Å². The molecular formula is C20H32Cl2N4O2. The highest BCUT2D eigenvalue weighted by molar-refractivity contribution is 5.95. The van der Waals surface area contributed by atoms with Crippen LogP contribution in [0, 0.1) is 5.92 Å². The van der Waals surface area contributed by atoms with Gasteiger partial charge in [-0.3, -0.25) is 9.59 Å². The van der Waals surface area contributed by atoms with Gasteiger partial charge in [-0.1, -0.05) is 6.42 Å². The van der Waals surface area contributed by atoms with Crippen molar-refractivity contribution in [2.45, 2.75) is 44.6 Å². The first-order valence-corrected chi connectivity index (χ1v) is 9.78. The predicted molar refractivity (Wildman–Crippen MR) is 118 cm³/mol. The predicted octanol–water partition coefficient (Wildman–Crippen LogP) is 2.81. The number of carbonyl (C=O) groups excluding carboxylic acids is 2. The fourth-order valence-electron chi connectivity index (χ4n) is 3.91. The van der Waals surface area contributed by atoms with E-state index in [0.29, 0.717) is 18.5 Å². The summed E-state index contributed by atoms with van der Waals surface area (Å²) in [4.78, 5) is 26.7. The fourth-order valence-corrected chi connectivity index (χ4v) is 3.91. The molecule has 2 atom stereocenters. The molecule has 3 rings (SSSR count). The van der Waals surface area contributed by atoms with Gasteiger partial charge in [0.15, 0.2) is 0 Å². The van der Waals surface area contributed by atoms with Crippen LogP contribution in [-0.4, -0.2) is 48.9 Å². The maximum Gasteiger partial charge on any atom is 0.251 e. The van der Waals surface area contributed by atoms with Gasteiger partial charge < -0.3 is 21.3 Å². The molecular weight excluding hydrogens is 399 g/mol. The number of anilines is 1. The van der Waals surface area contributed by atoms with Crippen LogP contribution in [0.3, 0.4) is 0 Å². The summed E-state index contributed by atoms with van der Waals surface area (Å²) >= 11 is 0. The Morgan fingerprint density at radius 1 is 1.04 bits per heavy atom. The van der Waals surface area contributed by atoms with Gasteiger partial charge in [0.05, 0.1) is 0 Å². The number of hydrogen-bond donors (Lipinski definition) is 3. The van der Waals surface area contributed by atoms with Crippen LogP contribution in [0.4, 0.5) is 5.69 Å². The number of rotatable bonds is 7. The van der Waals surface area contributed by atoms with Gasteiger partial charge >= 0.3 is 0 Å². The number of nitrogens with zero attached hydrogens (tertiary/aromatic N) is 1. The number of nitrogens with one attached hydrogen (secondary N) is 2. The minimum absolute atomic E-state index is 0. The summed E-state index contributed by atoms with van der Waals surface area (Å²) < 4.78 is 0. The Morgan fingerprint density at radius 3 is 2.32 bits per heavy atom. The average Bonchev–Trinajstić information content (AvgIpc) is 3.28. The molecule has 0 unspecified atom stereocenters. The molecule has 1 heterocycles. The Balaban J connectivity index is 0.00000196. The smallest absolute Gasteiger partial charge is 0.251 e. The molecule has 2 aliphatic rings. The van der Waals surface area contributed by atoms with E-state index in [1.807, 2.05) is 0 Å². The standard InChI is InChI=1S/C20H30N4O2.2ClH/c21-18-5-3-4-16(18)14-19(25)23-17-8-6-15(7-9-17)20(26)22-10-13-24-11-1-2-12-24;;/h6-9,16,18H,1-5,10-14,21H2,(H,22,26)(H,23,25);2*1H/t16-,18+;;/m0../s1. The number of carbonyl (C=O) groups is 2. The second-order valence-corrected chi connectivity index (χ2v) is 7.49. The van der Waals surface area contributed by atoms with Gasteiger partial charge in [0.2, 0.25) is 5.91 Å². The minimum atomic E-state index is -0.0704. The van der Waals surface area contributed by atoms with Gasteiger partial charge in [0, 0.05) is 36.8 Å². The molecule has 2 fully saturated rings. The SMILES string of the molecule is Cl.Cl.N[C@@H]1CCC[C@H]1CC(=O)Nc1ccc(C(=O)NCCN2CCCC2)cc1. The number of amides is 2. The lowest BCUT2D eigenvalue weighted by atomic mass is 10.00. The van der Waals surface area contributed by atoms with Crippen molar-refractivity contribution >= 4 is 42.3 Å². The summed E-state index contributed by atoms with van der Waals surface area (Å²) in [5.41, 5.74) is 7.36. The van der Waals surface area contributed by atoms with E-state index in [2.05, 4.69) is 15.5 Å². The summed E-state index contributed by atoms with van der Waals surface area (Å²) in [6, 6.07) is 7.21. The van der Waals surface area contributed by atoms with E-state index in [9.17, 15) is 9.59 Å². The van der Waals surface area contributed by atoms with Gasteiger partial charge in [-0.2, -0.15) is 0 Å². The Bertz CT molecular complexity index is 621. The third-order valence-electron chi connectivity index (χ3n) is 5.51. The van der Waals surface area contributed by atoms with Crippen LogP contribution in [0.15, 0.2) is 24.3 Å². The fraction of sp³-hybridized carbons (Fsp3) is 0.600. The summed E-state index contributed by atoms with van der Waals surface area (Å²) in [6.07, 6.45) is 6.15. The van der Waals surface area contributed by atoms with E-state index in [1.165, 1.54) is 12.8 Å². The molecule has 4 N–H and O–H groups in total. The van der Waals surface area contributed by atoms with Crippen molar-refractivity contribution < 1.29 is 9.59 Å². The molecule has 1 saturated carbocycles. The van der Waals surface area contributed by atoms with Crippen LogP contribution >= 0.6 is 24.8 Å². The maximum absolute atomic E-state index is 12.2. The van der Waals surface area contributed by atoms with Crippen molar-refractivity contribution in [2.24, 2.45) is 11.7 Å². The van der Waals surface area contributed by atoms with Crippen molar-refractivity contribution in [1.29, 1.82) is 0 Å². The largest absolute Gasteiger partial charge is 0.351 e. The highest BCUT2D eigenvalue weighted by Gasteiger charge is 2.26. The van der Waals surface area contributed by atoms with Gasteiger partial charge in [0.25, 0.3) is 5.91 Å². The van der Waals surface area contributed by atoms with Crippen molar-refractivity contribution in [3.8, 4) is 0 Å². The third kappa shape index (κ3) is 7.24. The Labute approximate surface area is 179 Å². The summed E-state index contributed by atoms with van der Waals surface area (Å²) in [7, 11) is 0. The zero-order valence-electron chi connectivity index (χ0n) is 16.2. The lowest BCUT2D eigenvalue weighted by Gasteiger charge is -2.15. The Morgan fingerprint density at radius 2 is 1.71 bits per heavy atom. The summed E-state index contributed by atoms with van der Waals surface area (Å²) in [5, 5.41) is 5.86. The van der Waals surface area contributed by atoms with Gasteiger partial charge in [0.1, 0.15) is 0 Å². The van der Waals surface area contributed by atoms with E-state index in [-0.39, 0.29) is 48.6 Å². The first kappa shape index (κ1) is 24.7. The van der Waals surface area contributed by atoms with E-state index < -0.39 is 0 Å². The highest BCUT2D eigenvalue weighted by atomic mass is 35.5. The number of halogens is 2. The molecule has 2 amide bonds. The Kier molecular flexibility index (Phi) is 10.8. The van der Waals surface area contributed by atoms with Crippen LogP contribution in [0.25, 0.3) is 0 Å². The topological polar surface area (TPSA) is 87.5 Å². The molecule has 1 aromatic rings. The third-order valence-corrected chi connectivity index (χ3v) is 5.51. The van der Waals surface area contributed by atoms with E-state index in [1.54, 1.807) is 24.3 Å². The maximum atomic E-state index is 12.2. The first-order chi connectivity index (χ1) is 12.6. The van der Waals surface area contributed by atoms with E-state index in [0.717, 1.165) is 44.6 Å². The molecule has 0 spiro atoms. The summed E-state index contributed by atoms with van der Waals surface area (Å²) in [5.74, 6) is 0.213. The second-order valence-electron chi connectivity index (χ2n) is 7.49. The normalized spacial score (nSPS) is 21.5. The molecule has 1 aliphatic heterocycles. The molecule has 28 heavy (non-hydrogen) atoms. The second kappa shape index (κ2) is 12.3. The zero-order chi connectivity index (χ0) is 18.4. The lowest BCUT2D eigenvalue weighted by molar-refractivity contribution is -0.117. The van der Waals surface area contributed by atoms with Crippen molar-refractivity contribution in [3.05, 3.63) is 29.8 Å². The van der Waals surface area contributed by atoms with Crippen LogP contribution < -0.4 is 16.4 Å². The van der Waals surface area contributed by atoms with Crippen LogP contribution in [0.5, 0.6) is 0 Å². The van der Waals surface area contributed by atoms with Crippen molar-refractivity contribution in [2.75, 3.05) is 31.5 Å². The molecule has 1 aliphatic carbocycles. The number of likely N-dealkylation sites (tertiary alicyclic amines) is 1. The summed E-state index contributed by atoms with van der Waals surface area (Å²) in [6.45, 7) is 3.84. The molecule has 0 aromatic heterocycles. The van der Waals surface area contributed by atoms with E-state index >= 15 is 0 Å². The molecule has 158 valence electrons. The zero-order valence-corrected chi connectivity index (χ0v) is 17.8. The molecule has 6 nitrogen and oxygen atoms in total. The number of nitrogens with two attached hydrogens (primary N) is 1.